The van der Waals surface area contributed by atoms with E-state index in [4.69, 9.17) is 9.15 Å². The van der Waals surface area contributed by atoms with Crippen molar-refractivity contribution >= 4 is 17.6 Å². The number of ether oxygens (including phenoxy) is 1. The molecular formula is C23H28O3. The normalized spacial score (nSPS) is 11.0. The summed E-state index contributed by atoms with van der Waals surface area (Å²) in [6.45, 7) is 9.52. The maximum atomic E-state index is 12.4. The second-order valence-corrected chi connectivity index (χ2v) is 7.36. The molecule has 0 atom stereocenters. The molecule has 0 saturated carbocycles. The highest BCUT2D eigenvalue weighted by molar-refractivity contribution is 5.91. The monoisotopic (exact) mass is 352 g/mol. The number of esters is 1. The van der Waals surface area contributed by atoms with Gasteiger partial charge in [0.15, 0.2) is 0 Å². The van der Waals surface area contributed by atoms with Crippen molar-refractivity contribution in [2.45, 2.75) is 59.5 Å². The number of carbonyl (C=O) groups is 1. The number of unbranched alkanes of at least 4 members (excludes halogenated alkanes) is 1. The van der Waals surface area contributed by atoms with E-state index >= 15 is 0 Å². The number of aryl methyl sites for hydroxylation is 1. The summed E-state index contributed by atoms with van der Waals surface area (Å²) in [7, 11) is 0. The van der Waals surface area contributed by atoms with Crippen molar-refractivity contribution in [3.63, 3.8) is 0 Å². The Bertz CT molecular complexity index is 798. The molecule has 26 heavy (non-hydrogen) atoms. The summed E-state index contributed by atoms with van der Waals surface area (Å²) < 4.78 is 11.3. The van der Waals surface area contributed by atoms with Crippen LogP contribution in [0.1, 0.15) is 74.4 Å². The van der Waals surface area contributed by atoms with Crippen molar-refractivity contribution < 1.29 is 13.9 Å². The number of rotatable bonds is 6. The van der Waals surface area contributed by atoms with Gasteiger partial charge in [-0.1, -0.05) is 43.7 Å². The average molecular weight is 352 g/mol. The molecule has 0 aliphatic heterocycles. The maximum Gasteiger partial charge on any atom is 0.342 e. The van der Waals surface area contributed by atoms with Crippen LogP contribution in [0.15, 0.2) is 46.5 Å². The lowest BCUT2D eigenvalue weighted by atomic mass is 10.1. The number of furan rings is 1. The molecule has 0 aliphatic carbocycles. The fourth-order valence-electron chi connectivity index (χ4n) is 2.51. The minimum absolute atomic E-state index is 0.355. The zero-order chi connectivity index (χ0) is 19.2. The molecule has 138 valence electrons. The molecule has 2 aromatic rings. The van der Waals surface area contributed by atoms with Crippen molar-refractivity contribution in [2.24, 2.45) is 0 Å². The van der Waals surface area contributed by atoms with Gasteiger partial charge in [-0.3, -0.25) is 0 Å². The van der Waals surface area contributed by atoms with E-state index in [-0.39, 0.29) is 5.97 Å². The Morgan fingerprint density at radius 1 is 1.23 bits per heavy atom. The van der Waals surface area contributed by atoms with E-state index in [9.17, 15) is 4.79 Å². The van der Waals surface area contributed by atoms with Crippen LogP contribution in [0.25, 0.3) is 11.6 Å². The molecule has 0 saturated heterocycles. The highest BCUT2D eigenvalue weighted by atomic mass is 16.6. The predicted octanol–water partition coefficient (Wildman–Crippen LogP) is 6.43. The Labute approximate surface area is 156 Å². The van der Waals surface area contributed by atoms with Crippen LogP contribution >= 0.6 is 0 Å². The summed E-state index contributed by atoms with van der Waals surface area (Å²) in [5.41, 5.74) is 5.35. The lowest BCUT2D eigenvalue weighted by molar-refractivity contribution is 0.00678. The quantitative estimate of drug-likeness (QED) is 0.444. The second-order valence-electron chi connectivity index (χ2n) is 7.36. The number of allylic oxidation sites excluding steroid dienone is 1. The standard InChI is InChI=1S/C23H28O3/c1-6-7-13-19(15-14-18-11-9-8-10-12-18)21-16-20(17(2)25-21)22(24)26-23(3,4)5/h8-12,14,16H,6-7,13H2,1-5H3. The summed E-state index contributed by atoms with van der Waals surface area (Å²) in [4.78, 5) is 12.4. The van der Waals surface area contributed by atoms with Crippen molar-refractivity contribution in [3.8, 4) is 0 Å². The van der Waals surface area contributed by atoms with Crippen LogP contribution in [-0.4, -0.2) is 11.6 Å². The van der Waals surface area contributed by atoms with E-state index in [0.29, 0.717) is 17.1 Å². The van der Waals surface area contributed by atoms with Gasteiger partial charge in [-0.05, 0) is 58.2 Å². The number of benzene rings is 1. The van der Waals surface area contributed by atoms with E-state index in [1.54, 1.807) is 13.0 Å². The Balaban J connectivity index is 2.36. The van der Waals surface area contributed by atoms with Gasteiger partial charge in [-0.15, -0.1) is 5.73 Å². The first-order valence-electron chi connectivity index (χ1n) is 9.15. The summed E-state index contributed by atoms with van der Waals surface area (Å²) in [5, 5.41) is 0. The third-order valence-electron chi connectivity index (χ3n) is 3.83. The third-order valence-corrected chi connectivity index (χ3v) is 3.83. The molecule has 0 unspecified atom stereocenters. The van der Waals surface area contributed by atoms with Gasteiger partial charge >= 0.3 is 5.97 Å². The second kappa shape index (κ2) is 8.73. The van der Waals surface area contributed by atoms with Gasteiger partial charge in [0, 0.05) is 5.57 Å². The lowest BCUT2D eigenvalue weighted by Crippen LogP contribution is -2.23. The van der Waals surface area contributed by atoms with Gasteiger partial charge in [0.1, 0.15) is 22.7 Å². The van der Waals surface area contributed by atoms with Crippen LogP contribution in [-0.2, 0) is 4.74 Å². The van der Waals surface area contributed by atoms with E-state index in [0.717, 1.165) is 30.4 Å². The minimum atomic E-state index is -0.533. The molecular weight excluding hydrogens is 324 g/mol. The first-order valence-corrected chi connectivity index (χ1v) is 9.15. The molecule has 0 bridgehead atoms. The molecule has 2 rings (SSSR count). The zero-order valence-electron chi connectivity index (χ0n) is 16.4. The molecule has 0 aliphatic rings. The summed E-state index contributed by atoms with van der Waals surface area (Å²) in [5.74, 6) is 0.903. The first kappa shape index (κ1) is 19.8. The largest absolute Gasteiger partial charge is 0.460 e. The molecule has 3 heteroatoms. The van der Waals surface area contributed by atoms with Crippen molar-refractivity contribution in [1.82, 2.24) is 0 Å². The SMILES string of the molecule is CCCCC(=C=Cc1ccccc1)c1cc(C(=O)OC(C)(C)C)c(C)o1. The fourth-order valence-corrected chi connectivity index (χ4v) is 2.51. The fraction of sp³-hybridized carbons (Fsp3) is 0.391. The number of carbonyl (C=O) groups excluding carboxylic acids is 1. The van der Waals surface area contributed by atoms with Gasteiger partial charge < -0.3 is 9.15 Å². The molecule has 0 N–H and O–H groups in total. The topological polar surface area (TPSA) is 39.4 Å². The summed E-state index contributed by atoms with van der Waals surface area (Å²) >= 11 is 0. The van der Waals surface area contributed by atoms with E-state index in [1.165, 1.54) is 0 Å². The minimum Gasteiger partial charge on any atom is -0.460 e. The predicted molar refractivity (Wildman–Crippen MR) is 106 cm³/mol. The van der Waals surface area contributed by atoms with Gasteiger partial charge in [-0.2, -0.15) is 0 Å². The van der Waals surface area contributed by atoms with E-state index in [1.807, 2.05) is 57.2 Å². The van der Waals surface area contributed by atoms with Crippen LogP contribution in [0.2, 0.25) is 0 Å². The maximum absolute atomic E-state index is 12.4. The molecule has 0 fully saturated rings. The van der Waals surface area contributed by atoms with Crippen LogP contribution in [0, 0.1) is 6.92 Å². The molecule has 1 aromatic carbocycles. The van der Waals surface area contributed by atoms with Crippen LogP contribution in [0.4, 0.5) is 0 Å². The Hall–Kier alpha value is -2.51. The Morgan fingerprint density at radius 2 is 1.92 bits per heavy atom. The lowest BCUT2D eigenvalue weighted by Gasteiger charge is -2.18. The Kier molecular flexibility index (Phi) is 6.65. The van der Waals surface area contributed by atoms with Crippen LogP contribution in [0.3, 0.4) is 0 Å². The van der Waals surface area contributed by atoms with Gasteiger partial charge in [0.2, 0.25) is 0 Å². The number of hydrogen-bond donors (Lipinski definition) is 0. The average Bonchev–Trinajstić information content (AvgIpc) is 2.96. The number of hydrogen-bond acceptors (Lipinski definition) is 3. The molecule has 1 heterocycles. The smallest absolute Gasteiger partial charge is 0.342 e. The molecule has 1 aromatic heterocycles. The van der Waals surface area contributed by atoms with Crippen LogP contribution in [0.5, 0.6) is 0 Å². The van der Waals surface area contributed by atoms with Crippen molar-refractivity contribution in [1.29, 1.82) is 0 Å². The third kappa shape index (κ3) is 5.79. The zero-order valence-corrected chi connectivity index (χ0v) is 16.4. The molecule has 0 radical (unpaired) electrons. The van der Waals surface area contributed by atoms with Crippen molar-refractivity contribution in [3.05, 3.63) is 64.8 Å². The van der Waals surface area contributed by atoms with Crippen LogP contribution < -0.4 is 0 Å². The van der Waals surface area contributed by atoms with Gasteiger partial charge in [0.05, 0.1) is 0 Å². The highest BCUT2D eigenvalue weighted by Gasteiger charge is 2.23. The molecule has 0 amide bonds. The van der Waals surface area contributed by atoms with Crippen molar-refractivity contribution in [2.75, 3.05) is 0 Å². The van der Waals surface area contributed by atoms with Gasteiger partial charge in [0.25, 0.3) is 0 Å². The summed E-state index contributed by atoms with van der Waals surface area (Å²) in [6, 6.07) is 11.8. The van der Waals surface area contributed by atoms with E-state index < -0.39 is 5.60 Å². The van der Waals surface area contributed by atoms with E-state index in [2.05, 4.69) is 12.7 Å². The van der Waals surface area contributed by atoms with Gasteiger partial charge in [-0.25, -0.2) is 4.79 Å². The Morgan fingerprint density at radius 3 is 2.54 bits per heavy atom. The summed E-state index contributed by atoms with van der Waals surface area (Å²) in [6.07, 6.45) is 4.91. The first-order chi connectivity index (χ1) is 12.3. The molecule has 0 spiro atoms. The highest BCUT2D eigenvalue weighted by Crippen LogP contribution is 2.27. The molecule has 3 nitrogen and oxygen atoms in total.